The van der Waals surface area contributed by atoms with E-state index in [9.17, 15) is 4.79 Å². The van der Waals surface area contributed by atoms with Gasteiger partial charge in [-0.05, 0) is 37.3 Å². The Morgan fingerprint density at radius 2 is 2.36 bits per heavy atom. The zero-order valence-electron chi connectivity index (χ0n) is 13.1. The number of nitrogens with two attached hydrogens (primary N) is 1. The van der Waals surface area contributed by atoms with E-state index in [1.54, 1.807) is 7.11 Å². The number of hydrogen-bond acceptors (Lipinski definition) is 6. The van der Waals surface area contributed by atoms with Crippen molar-refractivity contribution in [3.63, 3.8) is 0 Å². The molecule has 0 unspecified atom stereocenters. The molecule has 0 aliphatic carbocycles. The van der Waals surface area contributed by atoms with Gasteiger partial charge in [-0.25, -0.2) is 0 Å². The van der Waals surface area contributed by atoms with Gasteiger partial charge in [0.2, 0.25) is 5.91 Å². The summed E-state index contributed by atoms with van der Waals surface area (Å²) in [6, 6.07) is 3.93. The Kier molecular flexibility index (Phi) is 6.54. The molecule has 0 saturated carbocycles. The number of nitrogens with zero attached hydrogens (tertiary/aromatic N) is 3. The summed E-state index contributed by atoms with van der Waals surface area (Å²) in [6.07, 6.45) is 2.99. The van der Waals surface area contributed by atoms with Crippen molar-refractivity contribution in [2.75, 3.05) is 45.2 Å². The molecule has 7 nitrogen and oxygen atoms in total. The third-order valence-corrected chi connectivity index (χ3v) is 3.88. The van der Waals surface area contributed by atoms with Crippen LogP contribution in [0.1, 0.15) is 18.5 Å². The Balaban J connectivity index is 1.83. The molecule has 22 heavy (non-hydrogen) atoms. The summed E-state index contributed by atoms with van der Waals surface area (Å²) in [5.41, 5.74) is 6.40. The first-order valence-electron chi connectivity index (χ1n) is 7.76. The van der Waals surface area contributed by atoms with Gasteiger partial charge in [-0.3, -0.25) is 4.79 Å². The first-order chi connectivity index (χ1) is 10.7. The van der Waals surface area contributed by atoms with Crippen LogP contribution in [0.15, 0.2) is 12.1 Å². The van der Waals surface area contributed by atoms with Gasteiger partial charge in [-0.1, -0.05) is 0 Å². The van der Waals surface area contributed by atoms with E-state index in [0.29, 0.717) is 19.1 Å². The number of carbonyl (C=O) groups is 1. The summed E-state index contributed by atoms with van der Waals surface area (Å²) in [5, 5.41) is 11.6. The zero-order chi connectivity index (χ0) is 15.8. The molecule has 1 aromatic heterocycles. The molecule has 1 aromatic rings. The molecule has 2 rings (SSSR count). The molecular weight excluding hydrogens is 282 g/mol. The molecule has 0 spiro atoms. The molecule has 7 heteroatoms. The molecule has 0 aromatic carbocycles. The van der Waals surface area contributed by atoms with Gasteiger partial charge in [-0.2, -0.15) is 5.10 Å². The van der Waals surface area contributed by atoms with Crippen molar-refractivity contribution >= 4 is 11.7 Å². The topological polar surface area (TPSA) is 93.4 Å². The second-order valence-electron chi connectivity index (χ2n) is 5.59. The average molecular weight is 307 g/mol. The van der Waals surface area contributed by atoms with Crippen LogP contribution in [0.2, 0.25) is 0 Å². The van der Waals surface area contributed by atoms with Crippen molar-refractivity contribution in [1.82, 2.24) is 15.1 Å². The van der Waals surface area contributed by atoms with Crippen molar-refractivity contribution in [2.45, 2.75) is 19.3 Å². The predicted molar refractivity (Wildman–Crippen MR) is 84.5 cm³/mol. The van der Waals surface area contributed by atoms with Crippen molar-refractivity contribution in [2.24, 2.45) is 11.7 Å². The number of piperidine rings is 1. The van der Waals surface area contributed by atoms with Gasteiger partial charge in [0.05, 0.1) is 18.8 Å². The van der Waals surface area contributed by atoms with E-state index in [1.807, 2.05) is 17.0 Å². The fourth-order valence-electron chi connectivity index (χ4n) is 2.73. The molecular formula is C15H25N5O2. The Labute approximate surface area is 131 Å². The first-order valence-corrected chi connectivity index (χ1v) is 7.76. The van der Waals surface area contributed by atoms with Gasteiger partial charge in [0, 0.05) is 26.7 Å². The maximum absolute atomic E-state index is 11.7. The number of ether oxygens (including phenoxy) is 1. The molecule has 1 amide bonds. The number of methoxy groups -OCH3 is 1. The van der Waals surface area contributed by atoms with Gasteiger partial charge in [0.15, 0.2) is 0 Å². The van der Waals surface area contributed by atoms with Crippen molar-refractivity contribution in [1.29, 1.82) is 0 Å². The molecule has 3 N–H and O–H groups in total. The highest BCUT2D eigenvalue weighted by atomic mass is 16.5. The van der Waals surface area contributed by atoms with E-state index >= 15 is 0 Å². The number of likely N-dealkylation sites (tertiary alicyclic amines) is 1. The number of hydrogen-bond donors (Lipinski definition) is 2. The SMILES string of the molecule is COCCNc1ccc(C[C@H]2CCCN(C(=O)CN)C2)nn1. The summed E-state index contributed by atoms with van der Waals surface area (Å²) in [6.45, 7) is 3.03. The van der Waals surface area contributed by atoms with Crippen LogP contribution in [0.4, 0.5) is 5.82 Å². The molecule has 1 fully saturated rings. The number of aromatic nitrogens is 2. The van der Waals surface area contributed by atoms with Crippen LogP contribution in [0, 0.1) is 5.92 Å². The van der Waals surface area contributed by atoms with Gasteiger partial charge in [0.25, 0.3) is 0 Å². The predicted octanol–water partition coefficient (Wildman–Crippen LogP) is 0.275. The second kappa shape index (κ2) is 8.65. The van der Waals surface area contributed by atoms with Gasteiger partial charge in [0.1, 0.15) is 5.82 Å². The minimum Gasteiger partial charge on any atom is -0.383 e. The molecule has 1 atom stereocenters. The molecule has 1 saturated heterocycles. The number of amides is 1. The summed E-state index contributed by atoms with van der Waals surface area (Å²) >= 11 is 0. The fourth-order valence-corrected chi connectivity index (χ4v) is 2.73. The van der Waals surface area contributed by atoms with Crippen molar-refractivity contribution in [3.8, 4) is 0 Å². The molecule has 1 aliphatic heterocycles. The quantitative estimate of drug-likeness (QED) is 0.703. The van der Waals surface area contributed by atoms with Crippen LogP contribution < -0.4 is 11.1 Å². The lowest BCUT2D eigenvalue weighted by Crippen LogP contribution is -2.43. The molecule has 122 valence electrons. The summed E-state index contributed by atoms with van der Waals surface area (Å²) in [7, 11) is 1.67. The minimum atomic E-state index is 0.0356. The van der Waals surface area contributed by atoms with E-state index in [-0.39, 0.29) is 12.5 Å². The van der Waals surface area contributed by atoms with E-state index in [1.165, 1.54) is 0 Å². The summed E-state index contributed by atoms with van der Waals surface area (Å²) in [4.78, 5) is 13.6. The third kappa shape index (κ3) is 4.92. The van der Waals surface area contributed by atoms with Crippen LogP contribution in [0.25, 0.3) is 0 Å². The number of nitrogens with one attached hydrogen (secondary N) is 1. The van der Waals surface area contributed by atoms with E-state index in [4.69, 9.17) is 10.5 Å². The lowest BCUT2D eigenvalue weighted by molar-refractivity contribution is -0.131. The highest BCUT2D eigenvalue weighted by Gasteiger charge is 2.23. The summed E-state index contributed by atoms with van der Waals surface area (Å²) in [5.74, 6) is 1.23. The van der Waals surface area contributed by atoms with E-state index in [0.717, 1.165) is 43.9 Å². The Morgan fingerprint density at radius 1 is 1.50 bits per heavy atom. The van der Waals surface area contributed by atoms with Gasteiger partial charge >= 0.3 is 0 Å². The smallest absolute Gasteiger partial charge is 0.236 e. The van der Waals surface area contributed by atoms with Crippen LogP contribution in [-0.4, -0.2) is 60.9 Å². The standard InChI is InChI=1S/C15H25N5O2/c1-22-8-6-17-14-5-4-13(18-19-14)9-12-3-2-7-20(11-12)15(21)10-16/h4-5,12H,2-3,6-11,16H2,1H3,(H,17,19)/t12-/m1/s1. The molecule has 0 bridgehead atoms. The summed E-state index contributed by atoms with van der Waals surface area (Å²) < 4.78 is 4.97. The van der Waals surface area contributed by atoms with Crippen molar-refractivity contribution < 1.29 is 9.53 Å². The Morgan fingerprint density at radius 3 is 3.05 bits per heavy atom. The minimum absolute atomic E-state index is 0.0356. The van der Waals surface area contributed by atoms with Gasteiger partial charge < -0.3 is 20.7 Å². The van der Waals surface area contributed by atoms with Crippen LogP contribution in [0.3, 0.4) is 0 Å². The Hall–Kier alpha value is -1.73. The number of rotatable bonds is 7. The lowest BCUT2D eigenvalue weighted by atomic mass is 9.93. The van der Waals surface area contributed by atoms with Crippen molar-refractivity contribution in [3.05, 3.63) is 17.8 Å². The van der Waals surface area contributed by atoms with E-state index < -0.39 is 0 Å². The largest absolute Gasteiger partial charge is 0.383 e. The zero-order valence-corrected chi connectivity index (χ0v) is 13.1. The van der Waals surface area contributed by atoms with E-state index in [2.05, 4.69) is 15.5 Å². The molecule has 2 heterocycles. The first kappa shape index (κ1) is 16.6. The maximum Gasteiger partial charge on any atom is 0.236 e. The number of carbonyl (C=O) groups excluding carboxylic acids is 1. The lowest BCUT2D eigenvalue weighted by Gasteiger charge is -2.32. The highest BCUT2D eigenvalue weighted by Crippen LogP contribution is 2.20. The highest BCUT2D eigenvalue weighted by molar-refractivity contribution is 5.78. The normalized spacial score (nSPS) is 18.3. The number of anilines is 1. The average Bonchev–Trinajstić information content (AvgIpc) is 2.56. The fraction of sp³-hybridized carbons (Fsp3) is 0.667. The molecule has 0 radical (unpaired) electrons. The second-order valence-corrected chi connectivity index (χ2v) is 5.59. The third-order valence-electron chi connectivity index (χ3n) is 3.88. The maximum atomic E-state index is 11.7. The van der Waals surface area contributed by atoms with Crippen LogP contribution in [-0.2, 0) is 16.0 Å². The Bertz CT molecular complexity index is 466. The van der Waals surface area contributed by atoms with Gasteiger partial charge in [-0.15, -0.1) is 5.10 Å². The monoisotopic (exact) mass is 307 g/mol. The molecule has 1 aliphatic rings. The van der Waals surface area contributed by atoms with Crippen LogP contribution in [0.5, 0.6) is 0 Å². The van der Waals surface area contributed by atoms with Crippen LogP contribution >= 0.6 is 0 Å².